The van der Waals surface area contributed by atoms with E-state index < -0.39 is 17.8 Å². The summed E-state index contributed by atoms with van der Waals surface area (Å²) < 4.78 is 7.11. The SMILES string of the molecule is Cc1c(Cl)cccc1N1C(=O)NC(=O)/C(=C\c2c(OCc3ccc(Br)cc3)ccc3ccccc23)C1=O. The Hall–Kier alpha value is -3.94. The molecule has 1 aliphatic rings. The van der Waals surface area contributed by atoms with E-state index in [1.165, 1.54) is 6.08 Å². The Labute approximate surface area is 226 Å². The van der Waals surface area contributed by atoms with Gasteiger partial charge in [0.2, 0.25) is 0 Å². The number of benzene rings is 4. The first kappa shape index (κ1) is 24.7. The molecule has 4 aromatic rings. The molecule has 184 valence electrons. The molecule has 4 amide bonds. The Morgan fingerprint density at radius 2 is 1.70 bits per heavy atom. The quantitative estimate of drug-likeness (QED) is 0.210. The lowest BCUT2D eigenvalue weighted by atomic mass is 9.99. The van der Waals surface area contributed by atoms with Gasteiger partial charge in [-0.2, -0.15) is 0 Å². The predicted molar refractivity (Wildman–Crippen MR) is 148 cm³/mol. The van der Waals surface area contributed by atoms with Gasteiger partial charge < -0.3 is 4.74 Å². The summed E-state index contributed by atoms with van der Waals surface area (Å²) in [5.41, 5.74) is 2.17. The van der Waals surface area contributed by atoms with Crippen LogP contribution in [0.1, 0.15) is 16.7 Å². The van der Waals surface area contributed by atoms with Gasteiger partial charge >= 0.3 is 6.03 Å². The molecule has 37 heavy (non-hydrogen) atoms. The molecule has 0 radical (unpaired) electrons. The topological polar surface area (TPSA) is 75.7 Å². The summed E-state index contributed by atoms with van der Waals surface area (Å²) in [5.74, 6) is -1.03. The molecule has 0 bridgehead atoms. The lowest BCUT2D eigenvalue weighted by Gasteiger charge is -2.28. The van der Waals surface area contributed by atoms with Crippen molar-refractivity contribution >= 4 is 67.9 Å². The molecule has 0 aliphatic carbocycles. The van der Waals surface area contributed by atoms with E-state index in [1.807, 2.05) is 60.7 Å². The van der Waals surface area contributed by atoms with Gasteiger partial charge in [-0.05, 0) is 65.2 Å². The van der Waals surface area contributed by atoms with Crippen molar-refractivity contribution in [2.75, 3.05) is 4.90 Å². The van der Waals surface area contributed by atoms with Gasteiger partial charge in [-0.25, -0.2) is 9.69 Å². The third-order valence-electron chi connectivity index (χ3n) is 6.11. The molecule has 1 heterocycles. The van der Waals surface area contributed by atoms with Crippen molar-refractivity contribution in [2.45, 2.75) is 13.5 Å². The largest absolute Gasteiger partial charge is 0.488 e. The molecule has 6 nitrogen and oxygen atoms in total. The van der Waals surface area contributed by atoms with E-state index >= 15 is 0 Å². The standard InChI is InChI=1S/C29H20BrClN2O4/c1-17-24(31)7-4-8-25(17)33-28(35)23(27(34)32-29(33)36)15-22-21-6-3-2-5-19(21)11-14-26(22)37-16-18-9-12-20(30)13-10-18/h2-15H,16H2,1H3,(H,32,34,36)/b23-15+. The molecule has 1 fully saturated rings. The van der Waals surface area contributed by atoms with E-state index in [-0.39, 0.29) is 12.2 Å². The molecule has 0 unspecified atom stereocenters. The minimum absolute atomic E-state index is 0.191. The number of barbiturate groups is 1. The highest BCUT2D eigenvalue weighted by molar-refractivity contribution is 9.10. The molecule has 1 saturated heterocycles. The summed E-state index contributed by atoms with van der Waals surface area (Å²) >= 11 is 9.66. The number of hydrogen-bond acceptors (Lipinski definition) is 4. The second-order valence-electron chi connectivity index (χ2n) is 8.46. The number of rotatable bonds is 5. The number of urea groups is 1. The smallest absolute Gasteiger partial charge is 0.335 e. The maximum Gasteiger partial charge on any atom is 0.335 e. The predicted octanol–water partition coefficient (Wildman–Crippen LogP) is 6.81. The maximum absolute atomic E-state index is 13.6. The Balaban J connectivity index is 1.59. The highest BCUT2D eigenvalue weighted by Gasteiger charge is 2.38. The second-order valence-corrected chi connectivity index (χ2v) is 9.78. The van der Waals surface area contributed by atoms with Crippen molar-refractivity contribution in [3.63, 3.8) is 0 Å². The fraction of sp³-hybridized carbons (Fsp3) is 0.0690. The number of carbonyl (C=O) groups excluding carboxylic acids is 3. The summed E-state index contributed by atoms with van der Waals surface area (Å²) in [5, 5.41) is 4.39. The highest BCUT2D eigenvalue weighted by atomic mass is 79.9. The van der Waals surface area contributed by atoms with Crippen LogP contribution in [0.5, 0.6) is 5.75 Å². The van der Waals surface area contributed by atoms with Crippen molar-refractivity contribution < 1.29 is 19.1 Å². The van der Waals surface area contributed by atoms with E-state index in [1.54, 1.807) is 25.1 Å². The lowest BCUT2D eigenvalue weighted by Crippen LogP contribution is -2.54. The average Bonchev–Trinajstić information content (AvgIpc) is 2.89. The van der Waals surface area contributed by atoms with Crippen molar-refractivity contribution in [3.8, 4) is 5.75 Å². The molecule has 5 rings (SSSR count). The third kappa shape index (κ3) is 4.88. The Morgan fingerprint density at radius 1 is 0.946 bits per heavy atom. The first-order valence-electron chi connectivity index (χ1n) is 11.4. The van der Waals surface area contributed by atoms with Crippen LogP contribution in [0.2, 0.25) is 5.02 Å². The van der Waals surface area contributed by atoms with Crippen LogP contribution in [0, 0.1) is 6.92 Å². The summed E-state index contributed by atoms with van der Waals surface area (Å²) in [6.07, 6.45) is 1.48. The van der Waals surface area contributed by atoms with E-state index in [2.05, 4.69) is 21.2 Å². The normalized spacial score (nSPS) is 14.8. The second kappa shape index (κ2) is 10.2. The zero-order valence-corrected chi connectivity index (χ0v) is 22.0. The summed E-state index contributed by atoms with van der Waals surface area (Å²) in [6, 6.07) is 23.2. The molecule has 0 spiro atoms. The van der Waals surface area contributed by atoms with E-state index in [0.29, 0.717) is 27.6 Å². The van der Waals surface area contributed by atoms with Gasteiger partial charge in [0.15, 0.2) is 0 Å². The van der Waals surface area contributed by atoms with Gasteiger partial charge in [0.05, 0.1) is 5.69 Å². The van der Waals surface area contributed by atoms with Crippen LogP contribution in [0.3, 0.4) is 0 Å². The van der Waals surface area contributed by atoms with Crippen molar-refractivity contribution in [1.82, 2.24) is 5.32 Å². The lowest BCUT2D eigenvalue weighted by molar-refractivity contribution is -0.122. The molecular weight excluding hydrogens is 556 g/mol. The third-order valence-corrected chi connectivity index (χ3v) is 7.05. The van der Waals surface area contributed by atoms with Crippen LogP contribution in [0.15, 0.2) is 88.9 Å². The van der Waals surface area contributed by atoms with Crippen molar-refractivity contribution in [3.05, 3.63) is 111 Å². The fourth-order valence-corrected chi connectivity index (χ4v) is 4.58. The van der Waals surface area contributed by atoms with E-state index in [4.69, 9.17) is 16.3 Å². The number of anilines is 1. The monoisotopic (exact) mass is 574 g/mol. The number of halogens is 2. The number of imide groups is 2. The molecule has 8 heteroatoms. The van der Waals surface area contributed by atoms with Crippen molar-refractivity contribution in [2.24, 2.45) is 0 Å². The first-order valence-corrected chi connectivity index (χ1v) is 12.6. The number of hydrogen-bond donors (Lipinski definition) is 1. The maximum atomic E-state index is 13.6. The van der Waals surface area contributed by atoms with Crippen LogP contribution >= 0.6 is 27.5 Å². The Kier molecular flexibility index (Phi) is 6.82. The van der Waals surface area contributed by atoms with Gasteiger partial charge in [0, 0.05) is 15.1 Å². The number of fused-ring (bicyclic) bond motifs is 1. The zero-order chi connectivity index (χ0) is 26.1. The minimum Gasteiger partial charge on any atom is -0.488 e. The summed E-state index contributed by atoms with van der Waals surface area (Å²) in [4.78, 5) is 40.1. The van der Waals surface area contributed by atoms with Crippen LogP contribution in [0.25, 0.3) is 16.8 Å². The Morgan fingerprint density at radius 3 is 2.49 bits per heavy atom. The average molecular weight is 576 g/mol. The van der Waals surface area contributed by atoms with Crippen LogP contribution in [-0.4, -0.2) is 17.8 Å². The van der Waals surface area contributed by atoms with Gasteiger partial charge in [0.25, 0.3) is 11.8 Å². The fourth-order valence-electron chi connectivity index (χ4n) is 4.15. The molecule has 0 aromatic heterocycles. The highest BCUT2D eigenvalue weighted by Crippen LogP contribution is 2.33. The van der Waals surface area contributed by atoms with Crippen molar-refractivity contribution in [1.29, 1.82) is 0 Å². The van der Waals surface area contributed by atoms with Gasteiger partial charge in [-0.3, -0.25) is 14.9 Å². The van der Waals surface area contributed by atoms with E-state index in [9.17, 15) is 14.4 Å². The number of nitrogens with zero attached hydrogens (tertiary/aromatic N) is 1. The molecule has 4 aromatic carbocycles. The number of amides is 4. The molecule has 1 N–H and O–H groups in total. The molecular formula is C29H20BrClN2O4. The van der Waals surface area contributed by atoms with Crippen LogP contribution < -0.4 is 15.0 Å². The van der Waals surface area contributed by atoms with Gasteiger partial charge in [-0.1, -0.05) is 76.1 Å². The minimum atomic E-state index is -0.831. The number of ether oxygens (including phenoxy) is 1. The zero-order valence-electron chi connectivity index (χ0n) is 19.6. The summed E-state index contributed by atoms with van der Waals surface area (Å²) in [7, 11) is 0. The number of carbonyl (C=O) groups is 3. The van der Waals surface area contributed by atoms with E-state index in [0.717, 1.165) is 25.7 Å². The molecule has 1 aliphatic heterocycles. The first-order chi connectivity index (χ1) is 17.8. The summed E-state index contributed by atoms with van der Waals surface area (Å²) in [6.45, 7) is 1.99. The Bertz CT molecular complexity index is 1600. The molecule has 0 atom stereocenters. The van der Waals surface area contributed by atoms with Crippen LogP contribution in [-0.2, 0) is 16.2 Å². The number of nitrogens with one attached hydrogen (secondary N) is 1. The van der Waals surface area contributed by atoms with Gasteiger partial charge in [0.1, 0.15) is 17.9 Å². The van der Waals surface area contributed by atoms with Crippen LogP contribution in [0.4, 0.5) is 10.5 Å². The van der Waals surface area contributed by atoms with Gasteiger partial charge in [-0.15, -0.1) is 0 Å². The molecule has 0 saturated carbocycles.